The number of fused-ring (bicyclic) bond motifs is 3. The Hall–Kier alpha value is -3.77. The van der Waals surface area contributed by atoms with E-state index in [0.717, 1.165) is 53.7 Å². The van der Waals surface area contributed by atoms with Crippen LogP contribution in [0.25, 0.3) is 27.9 Å². The van der Waals surface area contributed by atoms with E-state index in [-0.39, 0.29) is 5.54 Å². The minimum Gasteiger partial charge on any atom is -0.350 e. The first-order valence-electron chi connectivity index (χ1n) is 12.1. The van der Waals surface area contributed by atoms with Crippen molar-refractivity contribution in [3.8, 4) is 28.5 Å². The summed E-state index contributed by atoms with van der Waals surface area (Å²) >= 11 is 0. The highest BCUT2D eigenvalue weighted by Crippen LogP contribution is 2.43. The fraction of sp³-hybridized carbons (Fsp3) is 0.423. The first-order valence-corrected chi connectivity index (χ1v) is 12.1. The van der Waals surface area contributed by atoms with Gasteiger partial charge in [-0.3, -0.25) is 9.67 Å². The van der Waals surface area contributed by atoms with Crippen LogP contribution >= 0.6 is 0 Å². The van der Waals surface area contributed by atoms with Crippen molar-refractivity contribution >= 4 is 11.3 Å². The van der Waals surface area contributed by atoms with Gasteiger partial charge in [-0.1, -0.05) is 0 Å². The minimum atomic E-state index is -0.132. The highest BCUT2D eigenvalue weighted by molar-refractivity contribution is 5.86. The number of hydrogen-bond donors (Lipinski definition) is 1. The maximum atomic E-state index is 9.68. The standard InChI is InChI=1S/C26H29N9/c1-16-4-17-5-21(8-26(2,28)7-17)35(16)24-13-29-23(12-30-24)22-6-18(20-11-31-33(3)14-20)15-34-25(22)19(9-27)10-32-34/h6,10-17,21H,4-5,7-8,28H2,1-3H3. The molecule has 5 heterocycles. The van der Waals surface area contributed by atoms with Gasteiger partial charge in [-0.2, -0.15) is 15.5 Å². The van der Waals surface area contributed by atoms with E-state index in [4.69, 9.17) is 15.7 Å². The van der Waals surface area contributed by atoms with Crippen LogP contribution in [0.5, 0.6) is 0 Å². The molecule has 1 saturated carbocycles. The molecule has 0 aromatic carbocycles. The van der Waals surface area contributed by atoms with Crippen LogP contribution in [0.2, 0.25) is 0 Å². The molecule has 2 N–H and O–H groups in total. The molecule has 9 heteroatoms. The minimum absolute atomic E-state index is 0.132. The fourth-order valence-electron chi connectivity index (χ4n) is 6.31. The molecule has 4 aromatic heterocycles. The Kier molecular flexibility index (Phi) is 4.90. The highest BCUT2D eigenvalue weighted by Gasteiger charge is 2.43. The molecule has 1 aliphatic carbocycles. The average Bonchev–Trinajstić information content (AvgIpc) is 3.43. The number of aromatic nitrogens is 6. The van der Waals surface area contributed by atoms with Crippen molar-refractivity contribution in [2.24, 2.45) is 18.7 Å². The van der Waals surface area contributed by atoms with E-state index in [1.54, 1.807) is 15.4 Å². The van der Waals surface area contributed by atoms with Gasteiger partial charge in [0, 0.05) is 53.8 Å². The Balaban J connectivity index is 1.41. The van der Waals surface area contributed by atoms with E-state index in [0.29, 0.717) is 29.3 Å². The number of piperidine rings is 1. The van der Waals surface area contributed by atoms with Crippen LogP contribution in [-0.4, -0.2) is 47.0 Å². The predicted molar refractivity (Wildman–Crippen MR) is 133 cm³/mol. The summed E-state index contributed by atoms with van der Waals surface area (Å²) in [5.74, 6) is 1.56. The molecule has 4 aromatic rings. The molecule has 1 aliphatic heterocycles. The van der Waals surface area contributed by atoms with Crippen molar-refractivity contribution in [1.29, 1.82) is 5.26 Å². The Labute approximate surface area is 204 Å². The lowest BCUT2D eigenvalue weighted by atomic mass is 9.69. The van der Waals surface area contributed by atoms with Crippen LogP contribution in [-0.2, 0) is 7.05 Å². The van der Waals surface area contributed by atoms with Gasteiger partial charge in [0.25, 0.3) is 0 Å². The SMILES string of the molecule is CC1CC2CC(CC(C)(N)C2)N1c1cnc(-c2cc(-c3cnn(C)c3)cn3ncc(C#N)c23)cn1. The zero-order valence-electron chi connectivity index (χ0n) is 20.3. The molecule has 0 spiro atoms. The van der Waals surface area contributed by atoms with E-state index in [9.17, 15) is 5.26 Å². The summed E-state index contributed by atoms with van der Waals surface area (Å²) in [4.78, 5) is 12.1. The van der Waals surface area contributed by atoms with Gasteiger partial charge in [-0.25, -0.2) is 9.50 Å². The number of rotatable bonds is 3. The van der Waals surface area contributed by atoms with E-state index in [2.05, 4.69) is 35.0 Å². The van der Waals surface area contributed by atoms with E-state index >= 15 is 0 Å². The monoisotopic (exact) mass is 467 g/mol. The molecule has 35 heavy (non-hydrogen) atoms. The third-order valence-electron chi connectivity index (χ3n) is 7.55. The van der Waals surface area contributed by atoms with Gasteiger partial charge >= 0.3 is 0 Å². The van der Waals surface area contributed by atoms with Crippen LogP contribution < -0.4 is 10.6 Å². The van der Waals surface area contributed by atoms with Crippen molar-refractivity contribution in [2.45, 2.75) is 57.2 Å². The number of hydrogen-bond acceptors (Lipinski definition) is 7. The second-order valence-corrected chi connectivity index (χ2v) is 10.6. The van der Waals surface area contributed by atoms with Crippen molar-refractivity contribution < 1.29 is 0 Å². The van der Waals surface area contributed by atoms with Crippen molar-refractivity contribution in [2.75, 3.05) is 4.90 Å². The number of anilines is 1. The zero-order chi connectivity index (χ0) is 24.3. The highest BCUT2D eigenvalue weighted by atomic mass is 15.3. The van der Waals surface area contributed by atoms with Crippen molar-refractivity contribution in [1.82, 2.24) is 29.4 Å². The summed E-state index contributed by atoms with van der Waals surface area (Å²) in [5.41, 5.74) is 11.1. The lowest BCUT2D eigenvalue weighted by molar-refractivity contribution is 0.155. The second kappa shape index (κ2) is 7.89. The largest absolute Gasteiger partial charge is 0.350 e. The smallest absolute Gasteiger partial charge is 0.147 e. The molecule has 0 radical (unpaired) electrons. The first-order chi connectivity index (χ1) is 16.8. The summed E-state index contributed by atoms with van der Waals surface area (Å²) < 4.78 is 3.50. The van der Waals surface area contributed by atoms with Gasteiger partial charge in [0.05, 0.1) is 41.6 Å². The van der Waals surface area contributed by atoms with Gasteiger partial charge in [-0.05, 0) is 51.5 Å². The Bertz CT molecular complexity index is 1440. The van der Waals surface area contributed by atoms with Crippen molar-refractivity contribution in [3.63, 3.8) is 0 Å². The van der Waals surface area contributed by atoms with Crippen LogP contribution in [0.4, 0.5) is 5.82 Å². The number of nitriles is 1. The van der Waals surface area contributed by atoms with E-state index in [1.165, 1.54) is 0 Å². The molecule has 0 amide bonds. The molecular formula is C26H29N9. The van der Waals surface area contributed by atoms with Crippen LogP contribution in [0.1, 0.15) is 45.1 Å². The molecule has 9 nitrogen and oxygen atoms in total. The molecule has 178 valence electrons. The third kappa shape index (κ3) is 3.74. The van der Waals surface area contributed by atoms with E-state index < -0.39 is 0 Å². The molecule has 2 bridgehead atoms. The Morgan fingerprint density at radius 1 is 1.06 bits per heavy atom. The van der Waals surface area contributed by atoms with Crippen LogP contribution in [0.3, 0.4) is 0 Å². The Morgan fingerprint density at radius 2 is 1.91 bits per heavy atom. The van der Waals surface area contributed by atoms with Gasteiger partial charge in [0.15, 0.2) is 0 Å². The first kappa shape index (κ1) is 21.7. The van der Waals surface area contributed by atoms with Crippen LogP contribution in [0.15, 0.2) is 43.2 Å². The molecule has 4 atom stereocenters. The normalized spacial score (nSPS) is 26.1. The zero-order valence-corrected chi connectivity index (χ0v) is 20.3. The molecule has 4 unspecified atom stereocenters. The van der Waals surface area contributed by atoms with Gasteiger partial charge < -0.3 is 10.6 Å². The van der Waals surface area contributed by atoms with Crippen LogP contribution in [0, 0.1) is 17.2 Å². The maximum Gasteiger partial charge on any atom is 0.147 e. The Morgan fingerprint density at radius 3 is 2.63 bits per heavy atom. The van der Waals surface area contributed by atoms with Crippen molar-refractivity contribution in [3.05, 3.63) is 48.8 Å². The van der Waals surface area contributed by atoms with Gasteiger partial charge in [0.2, 0.25) is 0 Å². The second-order valence-electron chi connectivity index (χ2n) is 10.6. The lowest BCUT2D eigenvalue weighted by Gasteiger charge is -2.52. The average molecular weight is 468 g/mol. The summed E-state index contributed by atoms with van der Waals surface area (Å²) in [6.45, 7) is 4.45. The summed E-state index contributed by atoms with van der Waals surface area (Å²) in [6, 6.07) is 5.07. The number of aryl methyl sites for hydroxylation is 1. The maximum absolute atomic E-state index is 9.68. The molecule has 2 fully saturated rings. The molecular weight excluding hydrogens is 438 g/mol. The summed E-state index contributed by atoms with van der Waals surface area (Å²) in [6.07, 6.45) is 15.3. The number of pyridine rings is 1. The fourth-order valence-corrected chi connectivity index (χ4v) is 6.31. The summed E-state index contributed by atoms with van der Waals surface area (Å²) in [7, 11) is 1.89. The topological polar surface area (TPSA) is 114 Å². The number of nitrogens with zero attached hydrogens (tertiary/aromatic N) is 8. The van der Waals surface area contributed by atoms with E-state index in [1.807, 2.05) is 44.1 Å². The lowest BCUT2D eigenvalue weighted by Crippen LogP contribution is -2.58. The third-order valence-corrected chi connectivity index (χ3v) is 7.55. The molecule has 1 saturated heterocycles. The predicted octanol–water partition coefficient (Wildman–Crippen LogP) is 3.55. The molecule has 2 aliphatic rings. The number of nitrogens with two attached hydrogens (primary N) is 1. The molecule has 6 rings (SSSR count). The summed E-state index contributed by atoms with van der Waals surface area (Å²) in [5, 5.41) is 18.4. The van der Waals surface area contributed by atoms with Gasteiger partial charge in [0.1, 0.15) is 11.9 Å². The van der Waals surface area contributed by atoms with Gasteiger partial charge in [-0.15, -0.1) is 0 Å². The quantitative estimate of drug-likeness (QED) is 0.490.